The van der Waals surface area contributed by atoms with Gasteiger partial charge in [0.05, 0.1) is 6.61 Å². The van der Waals surface area contributed by atoms with Crippen LogP contribution in [0.25, 0.3) is 0 Å². The number of nitrogens with one attached hydrogen (secondary N) is 1. The predicted octanol–water partition coefficient (Wildman–Crippen LogP) is 1.86. The number of anilines is 1. The van der Waals surface area contributed by atoms with Gasteiger partial charge in [-0.15, -0.1) is 0 Å². The van der Waals surface area contributed by atoms with Gasteiger partial charge in [-0.1, -0.05) is 6.92 Å². The van der Waals surface area contributed by atoms with Gasteiger partial charge in [-0.05, 0) is 26.3 Å². The molecule has 1 aromatic rings. The Morgan fingerprint density at radius 1 is 1.56 bits per heavy atom. The summed E-state index contributed by atoms with van der Waals surface area (Å²) in [6.07, 6.45) is 2.53. The summed E-state index contributed by atoms with van der Waals surface area (Å²) in [4.78, 5) is 19.3. The molecule has 1 N–H and O–H groups in total. The van der Waals surface area contributed by atoms with Crippen LogP contribution in [0.15, 0.2) is 12.3 Å². The zero-order valence-corrected chi connectivity index (χ0v) is 9.86. The zero-order chi connectivity index (χ0) is 12.0. The number of esters is 1. The third-order valence-electron chi connectivity index (χ3n) is 2.12. The van der Waals surface area contributed by atoms with E-state index in [-0.39, 0.29) is 5.82 Å². The van der Waals surface area contributed by atoms with E-state index < -0.39 is 5.97 Å². The second-order valence-electron chi connectivity index (χ2n) is 3.44. The Morgan fingerprint density at radius 2 is 2.31 bits per heavy atom. The molecule has 0 aliphatic heterocycles. The lowest BCUT2D eigenvalue weighted by atomic mass is 10.2. The number of hydrogen-bond acceptors (Lipinski definition) is 5. The van der Waals surface area contributed by atoms with Crippen LogP contribution in [-0.2, 0) is 4.74 Å². The van der Waals surface area contributed by atoms with Crippen LogP contribution in [0.3, 0.4) is 0 Å². The minimum absolute atomic E-state index is 0.0927. The van der Waals surface area contributed by atoms with Crippen LogP contribution in [0.1, 0.15) is 37.8 Å². The van der Waals surface area contributed by atoms with E-state index in [0.717, 1.165) is 6.42 Å². The van der Waals surface area contributed by atoms with Crippen molar-refractivity contribution in [3.8, 4) is 0 Å². The molecule has 1 atom stereocenters. The Balaban J connectivity index is 2.74. The van der Waals surface area contributed by atoms with E-state index in [2.05, 4.69) is 22.2 Å². The van der Waals surface area contributed by atoms with Gasteiger partial charge in [0.1, 0.15) is 5.82 Å². The minimum atomic E-state index is -0.490. The summed E-state index contributed by atoms with van der Waals surface area (Å²) < 4.78 is 4.82. The van der Waals surface area contributed by atoms with Crippen molar-refractivity contribution in [2.24, 2.45) is 0 Å². The summed E-state index contributed by atoms with van der Waals surface area (Å²) in [5.74, 6) is 0.248. The first-order valence-corrected chi connectivity index (χ1v) is 5.44. The summed E-state index contributed by atoms with van der Waals surface area (Å²) in [5.41, 5.74) is 0. The van der Waals surface area contributed by atoms with Crippen LogP contribution in [-0.4, -0.2) is 28.6 Å². The summed E-state index contributed by atoms with van der Waals surface area (Å²) in [7, 11) is 0. The van der Waals surface area contributed by atoms with E-state index >= 15 is 0 Å². The number of nitrogens with zero attached hydrogens (tertiary/aromatic N) is 2. The summed E-state index contributed by atoms with van der Waals surface area (Å²) in [6.45, 7) is 6.20. The monoisotopic (exact) mass is 223 g/mol. The maximum Gasteiger partial charge on any atom is 0.376 e. The fraction of sp³-hybridized carbons (Fsp3) is 0.545. The third kappa shape index (κ3) is 3.49. The molecule has 0 saturated carbocycles. The van der Waals surface area contributed by atoms with Gasteiger partial charge >= 0.3 is 5.97 Å². The summed E-state index contributed by atoms with van der Waals surface area (Å²) >= 11 is 0. The lowest BCUT2D eigenvalue weighted by molar-refractivity contribution is 0.0512. The molecule has 0 fully saturated rings. The van der Waals surface area contributed by atoms with E-state index in [1.165, 1.54) is 0 Å². The predicted molar refractivity (Wildman–Crippen MR) is 61.4 cm³/mol. The van der Waals surface area contributed by atoms with Crippen molar-refractivity contribution < 1.29 is 9.53 Å². The van der Waals surface area contributed by atoms with Crippen molar-refractivity contribution in [2.75, 3.05) is 11.9 Å². The molecule has 0 spiro atoms. The highest BCUT2D eigenvalue weighted by atomic mass is 16.5. The molecule has 5 heteroatoms. The number of ether oxygens (including phenoxy) is 1. The topological polar surface area (TPSA) is 64.1 Å². The Kier molecular flexibility index (Phi) is 4.69. The molecule has 0 aliphatic rings. The molecular formula is C11H17N3O2. The lowest BCUT2D eigenvalue weighted by Crippen LogP contribution is -2.17. The second kappa shape index (κ2) is 6.05. The van der Waals surface area contributed by atoms with Crippen LogP contribution in [0, 0.1) is 0 Å². The maximum atomic E-state index is 11.4. The smallest absolute Gasteiger partial charge is 0.376 e. The molecule has 16 heavy (non-hydrogen) atoms. The van der Waals surface area contributed by atoms with Gasteiger partial charge in [-0.25, -0.2) is 14.8 Å². The lowest BCUT2D eigenvalue weighted by Gasteiger charge is -2.11. The van der Waals surface area contributed by atoms with E-state index in [4.69, 9.17) is 4.74 Å². The second-order valence-corrected chi connectivity index (χ2v) is 3.44. The molecular weight excluding hydrogens is 206 g/mol. The highest BCUT2D eigenvalue weighted by molar-refractivity contribution is 5.85. The normalized spacial score (nSPS) is 11.9. The highest BCUT2D eigenvalue weighted by Crippen LogP contribution is 2.06. The van der Waals surface area contributed by atoms with E-state index in [0.29, 0.717) is 18.5 Å². The van der Waals surface area contributed by atoms with Crippen LogP contribution in [0.4, 0.5) is 5.82 Å². The molecule has 0 bridgehead atoms. The van der Waals surface area contributed by atoms with Gasteiger partial charge < -0.3 is 10.1 Å². The van der Waals surface area contributed by atoms with Crippen molar-refractivity contribution >= 4 is 11.8 Å². The molecule has 5 nitrogen and oxygen atoms in total. The first-order chi connectivity index (χ1) is 7.67. The number of carbonyl (C=O) groups is 1. The quantitative estimate of drug-likeness (QED) is 0.772. The van der Waals surface area contributed by atoms with Gasteiger partial charge in [-0.2, -0.15) is 0 Å². The van der Waals surface area contributed by atoms with Crippen molar-refractivity contribution in [3.63, 3.8) is 0 Å². The molecule has 0 radical (unpaired) electrons. The number of aromatic nitrogens is 2. The zero-order valence-electron chi connectivity index (χ0n) is 9.86. The molecule has 0 aliphatic carbocycles. The average molecular weight is 223 g/mol. The third-order valence-corrected chi connectivity index (χ3v) is 2.12. The van der Waals surface area contributed by atoms with E-state index in [1.807, 2.05) is 6.92 Å². The van der Waals surface area contributed by atoms with Gasteiger partial charge in [0, 0.05) is 12.2 Å². The van der Waals surface area contributed by atoms with Crippen molar-refractivity contribution in [3.05, 3.63) is 18.1 Å². The number of carbonyl (C=O) groups excluding carboxylic acids is 1. The molecule has 0 amide bonds. The van der Waals surface area contributed by atoms with Crippen LogP contribution < -0.4 is 5.32 Å². The summed E-state index contributed by atoms with van der Waals surface area (Å²) in [6, 6.07) is 2.04. The minimum Gasteiger partial charge on any atom is -0.460 e. The fourth-order valence-corrected chi connectivity index (χ4v) is 1.09. The van der Waals surface area contributed by atoms with Gasteiger partial charge in [0.2, 0.25) is 5.82 Å². The molecule has 1 unspecified atom stereocenters. The van der Waals surface area contributed by atoms with E-state index in [1.54, 1.807) is 19.2 Å². The van der Waals surface area contributed by atoms with E-state index in [9.17, 15) is 4.79 Å². The highest BCUT2D eigenvalue weighted by Gasteiger charge is 2.10. The average Bonchev–Trinajstić information content (AvgIpc) is 2.29. The number of rotatable bonds is 5. The Hall–Kier alpha value is -1.65. The molecule has 1 aromatic heterocycles. The maximum absolute atomic E-state index is 11.4. The summed E-state index contributed by atoms with van der Waals surface area (Å²) in [5, 5.41) is 3.17. The number of hydrogen-bond donors (Lipinski definition) is 1. The van der Waals surface area contributed by atoms with Gasteiger partial charge in [0.15, 0.2) is 0 Å². The first kappa shape index (κ1) is 12.4. The largest absolute Gasteiger partial charge is 0.460 e. The van der Waals surface area contributed by atoms with Crippen LogP contribution >= 0.6 is 0 Å². The van der Waals surface area contributed by atoms with Crippen LogP contribution in [0.5, 0.6) is 0 Å². The SMILES string of the molecule is CCOC(=O)c1nccc(NC(C)CC)n1. The molecule has 0 saturated heterocycles. The molecule has 88 valence electrons. The van der Waals surface area contributed by atoms with Crippen molar-refractivity contribution in [1.82, 2.24) is 9.97 Å². The molecule has 1 heterocycles. The Labute approximate surface area is 95.3 Å². The van der Waals surface area contributed by atoms with Gasteiger partial charge in [0.25, 0.3) is 0 Å². The van der Waals surface area contributed by atoms with Crippen LogP contribution in [0.2, 0.25) is 0 Å². The van der Waals surface area contributed by atoms with Gasteiger partial charge in [-0.3, -0.25) is 0 Å². The molecule has 0 aromatic carbocycles. The standard InChI is InChI=1S/C11H17N3O2/c1-4-8(3)13-9-6-7-12-10(14-9)11(15)16-5-2/h6-8H,4-5H2,1-3H3,(H,12,13,14). The molecule has 1 rings (SSSR count). The fourth-order valence-electron chi connectivity index (χ4n) is 1.09. The Bertz CT molecular complexity index is 355. The van der Waals surface area contributed by atoms with Crippen molar-refractivity contribution in [1.29, 1.82) is 0 Å². The van der Waals surface area contributed by atoms with Crippen molar-refractivity contribution in [2.45, 2.75) is 33.2 Å². The first-order valence-electron chi connectivity index (χ1n) is 5.44. The Morgan fingerprint density at radius 3 is 2.94 bits per heavy atom.